The first-order chi connectivity index (χ1) is 13.0. The first kappa shape index (κ1) is 17.1. The van der Waals surface area contributed by atoms with Crippen molar-refractivity contribution in [3.63, 3.8) is 0 Å². The maximum Gasteiger partial charge on any atom is 0.277 e. The molecule has 0 radical (unpaired) electrons. The Morgan fingerprint density at radius 2 is 1.93 bits per heavy atom. The molecule has 138 valence electrons. The van der Waals surface area contributed by atoms with Crippen LogP contribution in [0, 0.1) is 18.6 Å². The Balaban J connectivity index is 1.51. The van der Waals surface area contributed by atoms with E-state index in [1.807, 2.05) is 0 Å². The summed E-state index contributed by atoms with van der Waals surface area (Å²) in [5.41, 5.74) is 1.44. The number of rotatable bonds is 4. The fourth-order valence-corrected chi connectivity index (χ4v) is 2.90. The molecule has 6 nitrogen and oxygen atoms in total. The Bertz CT molecular complexity index is 1000. The molecule has 4 rings (SSSR count). The molecule has 0 fully saturated rings. The van der Waals surface area contributed by atoms with Crippen molar-refractivity contribution < 1.29 is 18.3 Å². The summed E-state index contributed by atoms with van der Waals surface area (Å²) in [6, 6.07) is 8.90. The van der Waals surface area contributed by atoms with Gasteiger partial charge in [0.2, 0.25) is 0 Å². The molecule has 1 aliphatic heterocycles. The summed E-state index contributed by atoms with van der Waals surface area (Å²) in [6.45, 7) is 2.68. The number of hydrogen-bond donors (Lipinski definition) is 0. The Hall–Kier alpha value is -3.29. The number of aryl methyl sites for hydroxylation is 1. The molecule has 0 saturated heterocycles. The Morgan fingerprint density at radius 3 is 2.67 bits per heavy atom. The van der Waals surface area contributed by atoms with Gasteiger partial charge in [0, 0.05) is 6.54 Å². The first-order valence-corrected chi connectivity index (χ1v) is 8.40. The van der Waals surface area contributed by atoms with E-state index in [-0.39, 0.29) is 18.3 Å². The largest absolute Gasteiger partial charge is 0.487 e. The van der Waals surface area contributed by atoms with E-state index in [2.05, 4.69) is 10.1 Å². The molecule has 0 saturated carbocycles. The number of ether oxygens (including phenoxy) is 1. The van der Waals surface area contributed by atoms with Crippen molar-refractivity contribution >= 4 is 11.7 Å². The van der Waals surface area contributed by atoms with E-state index >= 15 is 0 Å². The number of aromatic nitrogens is 3. The van der Waals surface area contributed by atoms with Crippen LogP contribution >= 0.6 is 0 Å². The third-order valence-corrected chi connectivity index (χ3v) is 4.34. The summed E-state index contributed by atoms with van der Waals surface area (Å²) in [4.78, 5) is 18.3. The number of benzene rings is 1. The fraction of sp³-hybridized carbons (Fsp3) is 0.211. The van der Waals surface area contributed by atoms with Crippen LogP contribution < -0.4 is 9.64 Å². The number of pyridine rings is 1. The summed E-state index contributed by atoms with van der Waals surface area (Å²) >= 11 is 0. The fourth-order valence-electron chi connectivity index (χ4n) is 2.90. The first-order valence-electron chi connectivity index (χ1n) is 8.40. The molecule has 2 aromatic heterocycles. The molecule has 0 spiro atoms. The van der Waals surface area contributed by atoms with Crippen LogP contribution in [-0.4, -0.2) is 27.2 Å². The monoisotopic (exact) mass is 370 g/mol. The zero-order chi connectivity index (χ0) is 19.0. The SMILES string of the molecule is Cc1cc(N2CCn3nc(COc4ccc(F)cc4)cc3C2=O)ncc1F. The lowest BCUT2D eigenvalue weighted by Gasteiger charge is -2.26. The number of anilines is 1. The second kappa shape index (κ2) is 6.79. The molecule has 3 aromatic rings. The van der Waals surface area contributed by atoms with Crippen LogP contribution in [0.3, 0.4) is 0 Å². The summed E-state index contributed by atoms with van der Waals surface area (Å²) in [5.74, 6) is -0.0688. The Kier molecular flexibility index (Phi) is 4.31. The van der Waals surface area contributed by atoms with Gasteiger partial charge in [-0.05, 0) is 48.9 Å². The molecular weight excluding hydrogens is 354 g/mol. The predicted octanol–water partition coefficient (Wildman–Crippen LogP) is 3.10. The molecule has 3 heterocycles. The van der Waals surface area contributed by atoms with Crippen molar-refractivity contribution in [3.05, 3.63) is 71.2 Å². The summed E-state index contributed by atoms with van der Waals surface area (Å²) in [7, 11) is 0. The van der Waals surface area contributed by atoms with Crippen molar-refractivity contribution in [2.24, 2.45) is 0 Å². The minimum Gasteiger partial charge on any atom is -0.487 e. The maximum atomic E-state index is 13.4. The normalized spacial score (nSPS) is 13.6. The summed E-state index contributed by atoms with van der Waals surface area (Å²) in [5, 5.41) is 4.38. The third kappa shape index (κ3) is 3.38. The number of fused-ring (bicyclic) bond motifs is 1. The molecule has 1 aromatic carbocycles. The van der Waals surface area contributed by atoms with Crippen molar-refractivity contribution in [3.8, 4) is 5.75 Å². The van der Waals surface area contributed by atoms with Crippen molar-refractivity contribution in [2.75, 3.05) is 11.4 Å². The molecule has 0 unspecified atom stereocenters. The number of hydrogen-bond acceptors (Lipinski definition) is 4. The number of carbonyl (C=O) groups is 1. The van der Waals surface area contributed by atoms with Gasteiger partial charge in [-0.25, -0.2) is 13.8 Å². The van der Waals surface area contributed by atoms with E-state index in [4.69, 9.17) is 4.74 Å². The zero-order valence-corrected chi connectivity index (χ0v) is 14.5. The molecule has 1 aliphatic rings. The number of carbonyl (C=O) groups excluding carboxylic acids is 1. The van der Waals surface area contributed by atoms with E-state index in [9.17, 15) is 13.6 Å². The highest BCUT2D eigenvalue weighted by atomic mass is 19.1. The smallest absolute Gasteiger partial charge is 0.277 e. The van der Waals surface area contributed by atoms with Gasteiger partial charge in [-0.1, -0.05) is 0 Å². The van der Waals surface area contributed by atoms with Crippen LogP contribution in [0.2, 0.25) is 0 Å². The van der Waals surface area contributed by atoms with Crippen molar-refractivity contribution in [2.45, 2.75) is 20.1 Å². The van der Waals surface area contributed by atoms with Gasteiger partial charge < -0.3 is 4.74 Å². The molecule has 0 N–H and O–H groups in total. The summed E-state index contributed by atoms with van der Waals surface area (Å²) < 4.78 is 33.6. The van der Waals surface area contributed by atoms with Gasteiger partial charge >= 0.3 is 0 Å². The minimum atomic E-state index is -0.409. The third-order valence-electron chi connectivity index (χ3n) is 4.34. The highest BCUT2D eigenvalue weighted by molar-refractivity contribution is 6.05. The predicted molar refractivity (Wildman–Crippen MR) is 93.6 cm³/mol. The van der Waals surface area contributed by atoms with Gasteiger partial charge in [0.1, 0.15) is 41.2 Å². The van der Waals surface area contributed by atoms with E-state index in [0.717, 1.165) is 6.20 Å². The van der Waals surface area contributed by atoms with Crippen molar-refractivity contribution in [1.82, 2.24) is 14.8 Å². The minimum absolute atomic E-state index is 0.160. The lowest BCUT2D eigenvalue weighted by atomic mass is 10.2. The molecule has 0 bridgehead atoms. The Morgan fingerprint density at radius 1 is 1.15 bits per heavy atom. The summed E-state index contributed by atoms with van der Waals surface area (Å²) in [6.07, 6.45) is 1.12. The lowest BCUT2D eigenvalue weighted by Crippen LogP contribution is -2.41. The average molecular weight is 370 g/mol. The van der Waals surface area contributed by atoms with E-state index in [1.165, 1.54) is 29.2 Å². The number of nitrogens with zero attached hydrogens (tertiary/aromatic N) is 4. The van der Waals surface area contributed by atoms with Gasteiger partial charge in [0.15, 0.2) is 0 Å². The highest BCUT2D eigenvalue weighted by Crippen LogP contribution is 2.22. The van der Waals surface area contributed by atoms with Gasteiger partial charge in [0.05, 0.1) is 12.7 Å². The van der Waals surface area contributed by atoms with Crippen molar-refractivity contribution in [1.29, 1.82) is 0 Å². The van der Waals surface area contributed by atoms with Gasteiger partial charge in [-0.3, -0.25) is 14.4 Å². The van der Waals surface area contributed by atoms with Crippen LogP contribution in [0.4, 0.5) is 14.6 Å². The maximum absolute atomic E-state index is 13.4. The van der Waals surface area contributed by atoms with E-state index < -0.39 is 5.82 Å². The van der Waals surface area contributed by atoms with Crippen LogP contribution in [-0.2, 0) is 13.2 Å². The second-order valence-electron chi connectivity index (χ2n) is 6.24. The molecule has 1 amide bonds. The Labute approximate surface area is 154 Å². The zero-order valence-electron chi connectivity index (χ0n) is 14.5. The van der Waals surface area contributed by atoms with Gasteiger partial charge in [-0.2, -0.15) is 5.10 Å². The lowest BCUT2D eigenvalue weighted by molar-refractivity contribution is 0.0961. The van der Waals surface area contributed by atoms with Crippen LogP contribution in [0.1, 0.15) is 21.7 Å². The quantitative estimate of drug-likeness (QED) is 0.708. The molecule has 0 atom stereocenters. The van der Waals surface area contributed by atoms with Gasteiger partial charge in [0.25, 0.3) is 5.91 Å². The molecule has 0 aliphatic carbocycles. The standard InChI is InChI=1S/C19H16F2N4O2/c1-12-8-18(22-10-16(12)21)24-6-7-25-17(19(24)26)9-14(23-25)11-27-15-4-2-13(20)3-5-15/h2-5,8-10H,6-7,11H2,1H3. The molecule has 8 heteroatoms. The van der Waals surface area contributed by atoms with Crippen LogP contribution in [0.25, 0.3) is 0 Å². The van der Waals surface area contributed by atoms with Crippen LogP contribution in [0.5, 0.6) is 5.75 Å². The van der Waals surface area contributed by atoms with Crippen LogP contribution in [0.15, 0.2) is 42.6 Å². The van der Waals surface area contributed by atoms with E-state index in [1.54, 1.807) is 23.7 Å². The number of amides is 1. The molecular formula is C19H16F2N4O2. The molecule has 27 heavy (non-hydrogen) atoms. The van der Waals surface area contributed by atoms with Gasteiger partial charge in [-0.15, -0.1) is 0 Å². The highest BCUT2D eigenvalue weighted by Gasteiger charge is 2.28. The average Bonchev–Trinajstić information content (AvgIpc) is 3.08. The topological polar surface area (TPSA) is 60.2 Å². The number of halogens is 2. The second-order valence-corrected chi connectivity index (χ2v) is 6.24. The van der Waals surface area contributed by atoms with E-state index in [0.29, 0.717) is 41.6 Å².